The predicted molar refractivity (Wildman–Crippen MR) is 143 cm³/mol. The summed E-state index contributed by atoms with van der Waals surface area (Å²) in [7, 11) is 1.65. The van der Waals surface area contributed by atoms with Gasteiger partial charge in [0.05, 0.1) is 18.3 Å². The summed E-state index contributed by atoms with van der Waals surface area (Å²) >= 11 is 0. The Balaban J connectivity index is 1.13. The van der Waals surface area contributed by atoms with Crippen molar-refractivity contribution < 1.29 is 19.0 Å². The lowest BCUT2D eigenvalue weighted by atomic mass is 10.2. The number of benzene rings is 1. The van der Waals surface area contributed by atoms with E-state index in [9.17, 15) is 4.79 Å². The molecule has 2 aliphatic rings. The molecule has 6 rings (SSSR count). The van der Waals surface area contributed by atoms with E-state index in [1.807, 2.05) is 42.2 Å². The fourth-order valence-corrected chi connectivity index (χ4v) is 4.89. The Labute approximate surface area is 224 Å². The van der Waals surface area contributed by atoms with Gasteiger partial charge >= 0.3 is 0 Å². The highest BCUT2D eigenvalue weighted by atomic mass is 16.5. The number of piperazine rings is 1. The largest absolute Gasteiger partial charge is 0.491 e. The molecule has 2 N–H and O–H groups in total. The van der Waals surface area contributed by atoms with Gasteiger partial charge in [-0.25, -0.2) is 4.98 Å². The minimum atomic E-state index is -0.514. The van der Waals surface area contributed by atoms with E-state index in [0.29, 0.717) is 55.2 Å². The maximum atomic E-state index is 13.4. The van der Waals surface area contributed by atoms with Crippen LogP contribution in [0.15, 0.2) is 42.8 Å². The van der Waals surface area contributed by atoms with Gasteiger partial charge in [-0.15, -0.1) is 5.10 Å². The molecule has 0 radical (unpaired) electrons. The van der Waals surface area contributed by atoms with E-state index in [-0.39, 0.29) is 18.0 Å². The number of fused-ring (bicyclic) bond motifs is 3. The first-order valence-corrected chi connectivity index (χ1v) is 13.0. The SMILES string of the molecule is COCCOc1ccc(N2CCN(C(=O)C(C)n3cc4c(nc(N)n5nc(C6CC=CO6)nc45)n3)CC2)cc1. The third kappa shape index (κ3) is 4.80. The summed E-state index contributed by atoms with van der Waals surface area (Å²) < 4.78 is 19.4. The number of methoxy groups -OCH3 is 1. The zero-order chi connectivity index (χ0) is 26.9. The molecule has 1 aromatic carbocycles. The minimum absolute atomic E-state index is 0.000857. The Morgan fingerprint density at radius 1 is 1.13 bits per heavy atom. The number of carbonyl (C=O) groups is 1. The number of ether oxygens (including phenoxy) is 3. The van der Waals surface area contributed by atoms with E-state index in [0.717, 1.165) is 24.5 Å². The quantitative estimate of drug-likeness (QED) is 0.335. The minimum Gasteiger partial charge on any atom is -0.491 e. The van der Waals surface area contributed by atoms with Crippen LogP contribution >= 0.6 is 0 Å². The second kappa shape index (κ2) is 10.4. The van der Waals surface area contributed by atoms with Gasteiger partial charge in [-0.2, -0.15) is 14.6 Å². The lowest BCUT2D eigenvalue weighted by Gasteiger charge is -2.37. The maximum Gasteiger partial charge on any atom is 0.247 e. The van der Waals surface area contributed by atoms with Crippen molar-refractivity contribution >= 4 is 34.2 Å². The molecular formula is C26H31N9O4. The van der Waals surface area contributed by atoms with Crippen molar-refractivity contribution in [2.24, 2.45) is 0 Å². The van der Waals surface area contributed by atoms with Gasteiger partial charge in [0, 0.05) is 51.6 Å². The number of hydrogen-bond acceptors (Lipinski definition) is 10. The predicted octanol–water partition coefficient (Wildman–Crippen LogP) is 1.97. The monoisotopic (exact) mass is 533 g/mol. The second-order valence-corrected chi connectivity index (χ2v) is 9.58. The van der Waals surface area contributed by atoms with Gasteiger partial charge in [0.1, 0.15) is 18.4 Å². The lowest BCUT2D eigenvalue weighted by molar-refractivity contribution is -0.134. The zero-order valence-electron chi connectivity index (χ0n) is 21.9. The lowest BCUT2D eigenvalue weighted by Crippen LogP contribution is -2.50. The van der Waals surface area contributed by atoms with E-state index in [2.05, 4.69) is 25.1 Å². The first kappa shape index (κ1) is 24.9. The zero-order valence-corrected chi connectivity index (χ0v) is 21.9. The molecule has 2 atom stereocenters. The molecule has 0 spiro atoms. The molecular weight excluding hydrogens is 502 g/mol. The van der Waals surface area contributed by atoms with Crippen LogP contribution in [0.25, 0.3) is 16.7 Å². The number of nitrogens with two attached hydrogens (primary N) is 1. The molecule has 204 valence electrons. The van der Waals surface area contributed by atoms with Gasteiger partial charge in [-0.1, -0.05) is 0 Å². The van der Waals surface area contributed by atoms with Crippen molar-refractivity contribution in [3.63, 3.8) is 0 Å². The van der Waals surface area contributed by atoms with Crippen LogP contribution in [0, 0.1) is 0 Å². The number of nitrogens with zero attached hydrogens (tertiary/aromatic N) is 8. The number of rotatable bonds is 8. The second-order valence-electron chi connectivity index (χ2n) is 9.58. The molecule has 2 aliphatic heterocycles. The van der Waals surface area contributed by atoms with E-state index in [1.165, 1.54) is 4.52 Å². The molecule has 5 heterocycles. The highest BCUT2D eigenvalue weighted by molar-refractivity contribution is 5.90. The molecule has 1 saturated heterocycles. The van der Waals surface area contributed by atoms with Crippen molar-refractivity contribution in [1.82, 2.24) is 34.3 Å². The number of hydrogen-bond donors (Lipinski definition) is 1. The summed E-state index contributed by atoms with van der Waals surface area (Å²) in [6.45, 7) is 5.63. The molecule has 13 nitrogen and oxygen atoms in total. The standard InChI is InChI=1S/C26H31N9O4/c1-17(25(36)33-11-9-32(10-12-33)18-5-7-19(8-6-18)38-15-14-37-2)34-16-20-22(30-34)29-26(27)35-24(20)28-23(31-35)21-4-3-13-39-21/h3,5-8,13,16-17,21H,4,9-12,14-15H2,1-2H3,(H2,27,29,30). The van der Waals surface area contributed by atoms with Crippen LogP contribution in [0.4, 0.5) is 11.6 Å². The summed E-state index contributed by atoms with van der Waals surface area (Å²) in [5, 5.41) is 9.73. The molecule has 0 aliphatic carbocycles. The highest BCUT2D eigenvalue weighted by Gasteiger charge is 2.28. The smallest absolute Gasteiger partial charge is 0.247 e. The normalized spacial score (nSPS) is 18.2. The Bertz CT molecular complexity index is 1500. The molecule has 13 heteroatoms. The number of amides is 1. The van der Waals surface area contributed by atoms with Crippen LogP contribution < -0.4 is 15.4 Å². The van der Waals surface area contributed by atoms with Crippen LogP contribution in [0.3, 0.4) is 0 Å². The van der Waals surface area contributed by atoms with Crippen LogP contribution in [-0.4, -0.2) is 86.7 Å². The summed E-state index contributed by atoms with van der Waals surface area (Å²) in [6.07, 6.45) is 5.81. The summed E-state index contributed by atoms with van der Waals surface area (Å²) in [5.74, 6) is 1.52. The van der Waals surface area contributed by atoms with Gasteiger partial charge in [-0.3, -0.25) is 9.48 Å². The first-order valence-electron chi connectivity index (χ1n) is 13.0. The maximum absolute atomic E-state index is 13.4. The van der Waals surface area contributed by atoms with Crippen molar-refractivity contribution in [2.45, 2.75) is 25.5 Å². The van der Waals surface area contributed by atoms with Gasteiger partial charge in [0.15, 0.2) is 23.2 Å². The van der Waals surface area contributed by atoms with Gasteiger partial charge in [-0.05, 0) is 37.3 Å². The fourth-order valence-electron chi connectivity index (χ4n) is 4.89. The van der Waals surface area contributed by atoms with Crippen molar-refractivity contribution in [1.29, 1.82) is 0 Å². The number of anilines is 2. The Hall–Kier alpha value is -4.39. The van der Waals surface area contributed by atoms with Gasteiger partial charge < -0.3 is 29.7 Å². The summed E-state index contributed by atoms with van der Waals surface area (Å²) in [5.41, 5.74) is 8.21. The summed E-state index contributed by atoms with van der Waals surface area (Å²) in [4.78, 5) is 26.6. The molecule has 3 aromatic heterocycles. The third-order valence-electron chi connectivity index (χ3n) is 7.10. The molecule has 4 aromatic rings. The van der Waals surface area contributed by atoms with Gasteiger partial charge in [0.2, 0.25) is 11.9 Å². The van der Waals surface area contributed by atoms with Crippen LogP contribution in [0.5, 0.6) is 5.75 Å². The highest BCUT2D eigenvalue weighted by Crippen LogP contribution is 2.28. The van der Waals surface area contributed by atoms with E-state index < -0.39 is 6.04 Å². The average molecular weight is 534 g/mol. The molecule has 39 heavy (non-hydrogen) atoms. The van der Waals surface area contributed by atoms with E-state index in [1.54, 1.807) is 24.3 Å². The van der Waals surface area contributed by atoms with Crippen molar-refractivity contribution in [3.8, 4) is 5.75 Å². The third-order valence-corrected chi connectivity index (χ3v) is 7.10. The Kier molecular flexibility index (Phi) is 6.65. The molecule has 0 saturated carbocycles. The van der Waals surface area contributed by atoms with Crippen molar-refractivity contribution in [3.05, 3.63) is 48.6 Å². The molecule has 1 fully saturated rings. The van der Waals surface area contributed by atoms with Crippen LogP contribution in [-0.2, 0) is 14.3 Å². The molecule has 1 amide bonds. The Morgan fingerprint density at radius 2 is 1.92 bits per heavy atom. The van der Waals surface area contributed by atoms with E-state index in [4.69, 9.17) is 19.9 Å². The van der Waals surface area contributed by atoms with Gasteiger partial charge in [0.25, 0.3) is 0 Å². The fraction of sp³-hybridized carbons (Fsp3) is 0.423. The van der Waals surface area contributed by atoms with E-state index >= 15 is 0 Å². The number of nitrogen functional groups attached to an aromatic ring is 1. The topological polar surface area (TPSA) is 138 Å². The molecule has 0 bridgehead atoms. The number of carbonyl (C=O) groups excluding carboxylic acids is 1. The van der Waals surface area contributed by atoms with Crippen LogP contribution in [0.2, 0.25) is 0 Å². The Morgan fingerprint density at radius 3 is 2.64 bits per heavy atom. The summed E-state index contributed by atoms with van der Waals surface area (Å²) in [6, 6.07) is 7.49. The average Bonchev–Trinajstić information content (AvgIpc) is 3.73. The number of aromatic nitrogens is 6. The first-order chi connectivity index (χ1) is 19.0. The van der Waals surface area contributed by atoms with Crippen LogP contribution in [0.1, 0.15) is 31.3 Å². The van der Waals surface area contributed by atoms with Crippen molar-refractivity contribution in [2.75, 3.05) is 57.1 Å². The molecule has 2 unspecified atom stereocenters.